The smallest absolute Gasteiger partial charge is 0.166 e. The highest BCUT2D eigenvalue weighted by molar-refractivity contribution is 5.28. The zero-order valence-electron chi connectivity index (χ0n) is 11.7. The topological polar surface area (TPSA) is 47.0 Å². The molecular weight excluding hydrogens is 250 g/mol. The molecule has 0 fully saturated rings. The number of para-hydroxylation sites is 1. The van der Waals surface area contributed by atoms with Gasteiger partial charge in [-0.2, -0.15) is 0 Å². The lowest BCUT2D eigenvalue weighted by Gasteiger charge is -2.19. The highest BCUT2D eigenvalue weighted by Gasteiger charge is 2.16. The first kappa shape index (κ1) is 13.1. The number of aromatic nitrogens is 2. The lowest BCUT2D eigenvalue weighted by molar-refractivity contribution is 0.294. The number of fused-ring (bicyclic) bond motifs is 1. The zero-order valence-corrected chi connectivity index (χ0v) is 11.7. The van der Waals surface area contributed by atoms with Gasteiger partial charge >= 0.3 is 0 Å². The molecule has 0 unspecified atom stereocenters. The van der Waals surface area contributed by atoms with Gasteiger partial charge in [-0.1, -0.05) is 25.1 Å². The number of aryl methyl sites for hydroxylation is 1. The molecule has 0 radical (unpaired) electrons. The van der Waals surface area contributed by atoms with Crippen molar-refractivity contribution < 1.29 is 4.74 Å². The molecule has 1 aromatic heterocycles. The summed E-state index contributed by atoms with van der Waals surface area (Å²) in [5, 5.41) is 3.38. The SMILES string of the molecule is CCc1nc(COc2ccccc2)nc2c1CNCC2. The maximum absolute atomic E-state index is 5.74. The predicted octanol–water partition coefficient (Wildman–Crippen LogP) is 2.26. The standard InChI is InChI=1S/C16H19N3O/c1-2-14-13-10-17-9-8-15(13)19-16(18-14)11-20-12-6-4-3-5-7-12/h3-7,17H,2,8-11H2,1H3. The summed E-state index contributed by atoms with van der Waals surface area (Å²) in [6, 6.07) is 9.80. The summed E-state index contributed by atoms with van der Waals surface area (Å²) in [6.07, 6.45) is 1.91. The van der Waals surface area contributed by atoms with Crippen LogP contribution in [-0.2, 0) is 26.0 Å². The average Bonchev–Trinajstić information content (AvgIpc) is 2.53. The number of benzene rings is 1. The lowest BCUT2D eigenvalue weighted by Crippen LogP contribution is -2.27. The van der Waals surface area contributed by atoms with Crippen LogP contribution in [0.1, 0.15) is 29.7 Å². The summed E-state index contributed by atoms with van der Waals surface area (Å²) in [6.45, 7) is 4.45. The summed E-state index contributed by atoms with van der Waals surface area (Å²) in [5.74, 6) is 1.64. The molecule has 20 heavy (non-hydrogen) atoms. The predicted molar refractivity (Wildman–Crippen MR) is 77.6 cm³/mol. The molecule has 0 saturated carbocycles. The maximum Gasteiger partial charge on any atom is 0.166 e. The van der Waals surface area contributed by atoms with Gasteiger partial charge in [0.25, 0.3) is 0 Å². The lowest BCUT2D eigenvalue weighted by atomic mass is 10.0. The molecule has 104 valence electrons. The largest absolute Gasteiger partial charge is 0.486 e. The van der Waals surface area contributed by atoms with Gasteiger partial charge in [0.15, 0.2) is 5.82 Å². The van der Waals surface area contributed by atoms with E-state index >= 15 is 0 Å². The van der Waals surface area contributed by atoms with Crippen molar-refractivity contribution >= 4 is 0 Å². The molecule has 2 aromatic rings. The molecule has 4 heteroatoms. The van der Waals surface area contributed by atoms with Crippen LogP contribution in [0.4, 0.5) is 0 Å². The molecule has 0 saturated heterocycles. The Morgan fingerprint density at radius 3 is 2.85 bits per heavy atom. The highest BCUT2D eigenvalue weighted by Crippen LogP contribution is 2.17. The van der Waals surface area contributed by atoms with Crippen molar-refractivity contribution in [1.29, 1.82) is 0 Å². The Bertz CT molecular complexity index is 567. The zero-order chi connectivity index (χ0) is 13.8. The van der Waals surface area contributed by atoms with Gasteiger partial charge in [-0.3, -0.25) is 0 Å². The van der Waals surface area contributed by atoms with Crippen LogP contribution in [0.25, 0.3) is 0 Å². The normalized spacial score (nSPS) is 13.8. The third-order valence-electron chi connectivity index (χ3n) is 3.51. The number of nitrogens with zero attached hydrogens (tertiary/aromatic N) is 2. The van der Waals surface area contributed by atoms with Gasteiger partial charge in [0.2, 0.25) is 0 Å². The fourth-order valence-corrected chi connectivity index (χ4v) is 2.49. The van der Waals surface area contributed by atoms with Gasteiger partial charge in [0.05, 0.1) is 5.69 Å². The molecule has 0 bridgehead atoms. The van der Waals surface area contributed by atoms with E-state index in [0.717, 1.165) is 43.2 Å². The van der Waals surface area contributed by atoms with E-state index in [-0.39, 0.29) is 0 Å². The van der Waals surface area contributed by atoms with Gasteiger partial charge in [-0.25, -0.2) is 9.97 Å². The first-order valence-electron chi connectivity index (χ1n) is 7.13. The Hall–Kier alpha value is -1.94. The van der Waals surface area contributed by atoms with Gasteiger partial charge < -0.3 is 10.1 Å². The summed E-state index contributed by atoms with van der Waals surface area (Å²) in [5.41, 5.74) is 3.61. The van der Waals surface area contributed by atoms with Crippen molar-refractivity contribution in [1.82, 2.24) is 15.3 Å². The first-order valence-corrected chi connectivity index (χ1v) is 7.13. The van der Waals surface area contributed by atoms with Crippen molar-refractivity contribution in [2.75, 3.05) is 6.54 Å². The number of ether oxygens (including phenoxy) is 1. The molecule has 1 aliphatic rings. The molecule has 1 aromatic carbocycles. The van der Waals surface area contributed by atoms with Gasteiger partial charge in [-0.05, 0) is 18.6 Å². The molecule has 0 atom stereocenters. The van der Waals surface area contributed by atoms with E-state index in [2.05, 4.69) is 22.2 Å². The van der Waals surface area contributed by atoms with E-state index in [0.29, 0.717) is 6.61 Å². The Labute approximate surface area is 119 Å². The van der Waals surface area contributed by atoms with Crippen molar-refractivity contribution in [3.8, 4) is 5.75 Å². The number of nitrogens with one attached hydrogen (secondary N) is 1. The molecule has 0 aliphatic carbocycles. The van der Waals surface area contributed by atoms with Crippen LogP contribution < -0.4 is 10.1 Å². The van der Waals surface area contributed by atoms with Crippen LogP contribution in [0.15, 0.2) is 30.3 Å². The Balaban J connectivity index is 1.79. The molecule has 1 N–H and O–H groups in total. The molecule has 0 spiro atoms. The Kier molecular flexibility index (Phi) is 3.92. The van der Waals surface area contributed by atoms with Crippen molar-refractivity contribution in [3.63, 3.8) is 0 Å². The monoisotopic (exact) mass is 269 g/mol. The second-order valence-corrected chi connectivity index (χ2v) is 4.89. The van der Waals surface area contributed by atoms with Crippen LogP contribution in [0, 0.1) is 0 Å². The maximum atomic E-state index is 5.74. The van der Waals surface area contributed by atoms with Crippen molar-refractivity contribution in [2.24, 2.45) is 0 Å². The van der Waals surface area contributed by atoms with Crippen LogP contribution in [-0.4, -0.2) is 16.5 Å². The van der Waals surface area contributed by atoms with E-state index < -0.39 is 0 Å². The van der Waals surface area contributed by atoms with E-state index in [4.69, 9.17) is 4.74 Å². The van der Waals surface area contributed by atoms with Crippen molar-refractivity contribution in [3.05, 3.63) is 53.1 Å². The minimum atomic E-state index is 0.428. The van der Waals surface area contributed by atoms with Gasteiger partial charge in [-0.15, -0.1) is 0 Å². The molecule has 3 rings (SSSR count). The van der Waals surface area contributed by atoms with E-state index in [9.17, 15) is 0 Å². The van der Waals surface area contributed by atoms with Crippen molar-refractivity contribution in [2.45, 2.75) is 32.9 Å². The third-order valence-corrected chi connectivity index (χ3v) is 3.51. The van der Waals surface area contributed by atoms with E-state index in [1.807, 2.05) is 30.3 Å². The van der Waals surface area contributed by atoms with Crippen LogP contribution >= 0.6 is 0 Å². The second kappa shape index (κ2) is 6.01. The minimum Gasteiger partial charge on any atom is -0.486 e. The van der Waals surface area contributed by atoms with Gasteiger partial charge in [0.1, 0.15) is 12.4 Å². The van der Waals surface area contributed by atoms with E-state index in [1.54, 1.807) is 0 Å². The van der Waals surface area contributed by atoms with Crippen LogP contribution in [0.3, 0.4) is 0 Å². The second-order valence-electron chi connectivity index (χ2n) is 4.89. The third kappa shape index (κ3) is 2.80. The fraction of sp³-hybridized carbons (Fsp3) is 0.375. The van der Waals surface area contributed by atoms with E-state index in [1.165, 1.54) is 11.3 Å². The highest BCUT2D eigenvalue weighted by atomic mass is 16.5. The summed E-state index contributed by atoms with van der Waals surface area (Å²) in [7, 11) is 0. The van der Waals surface area contributed by atoms with Crippen LogP contribution in [0.2, 0.25) is 0 Å². The molecule has 0 amide bonds. The Morgan fingerprint density at radius 2 is 2.05 bits per heavy atom. The molecule has 4 nitrogen and oxygen atoms in total. The average molecular weight is 269 g/mol. The quantitative estimate of drug-likeness (QED) is 0.925. The summed E-state index contributed by atoms with van der Waals surface area (Å²) in [4.78, 5) is 9.30. The molecule has 1 aliphatic heterocycles. The number of rotatable bonds is 4. The van der Waals surface area contributed by atoms with Crippen LogP contribution in [0.5, 0.6) is 5.75 Å². The Morgan fingerprint density at radius 1 is 1.20 bits per heavy atom. The summed E-state index contributed by atoms with van der Waals surface area (Å²) < 4.78 is 5.74. The van der Waals surface area contributed by atoms with Gasteiger partial charge in [0, 0.05) is 30.8 Å². The summed E-state index contributed by atoms with van der Waals surface area (Å²) >= 11 is 0. The fourth-order valence-electron chi connectivity index (χ4n) is 2.49. The number of hydrogen-bond acceptors (Lipinski definition) is 4. The minimum absolute atomic E-state index is 0.428. The first-order chi connectivity index (χ1) is 9.86. The molecular formula is C16H19N3O. The molecule has 2 heterocycles. The number of hydrogen-bond donors (Lipinski definition) is 1.